The van der Waals surface area contributed by atoms with Crippen LogP contribution in [0.25, 0.3) is 5.95 Å². The maximum absolute atomic E-state index is 11.5. The molecule has 3 heterocycles. The van der Waals surface area contributed by atoms with Crippen LogP contribution in [0.5, 0.6) is 0 Å². The number of aromatic nitrogens is 4. The van der Waals surface area contributed by atoms with Gasteiger partial charge in [0.25, 0.3) is 5.95 Å². The summed E-state index contributed by atoms with van der Waals surface area (Å²) < 4.78 is 1.78. The number of anilines is 1. The van der Waals surface area contributed by atoms with Gasteiger partial charge in [-0.15, -0.1) is 0 Å². The van der Waals surface area contributed by atoms with Gasteiger partial charge in [0, 0.05) is 42.9 Å². The summed E-state index contributed by atoms with van der Waals surface area (Å²) in [4.78, 5) is 22.9. The fraction of sp³-hybridized carbons (Fsp3) is 0.500. The summed E-state index contributed by atoms with van der Waals surface area (Å²) >= 11 is 0. The van der Waals surface area contributed by atoms with Gasteiger partial charge in [-0.1, -0.05) is 0 Å². The molecule has 1 aliphatic heterocycles. The molecular formula is C16H21N5O. The molecule has 6 heteroatoms. The second kappa shape index (κ2) is 5.51. The maximum atomic E-state index is 11.5. The molecule has 2 aromatic rings. The summed E-state index contributed by atoms with van der Waals surface area (Å²) in [5.41, 5.74) is 3.98. The fourth-order valence-corrected chi connectivity index (χ4v) is 2.80. The molecule has 6 nitrogen and oxygen atoms in total. The molecule has 0 N–H and O–H groups in total. The smallest absolute Gasteiger partial charge is 0.252 e. The number of ketones is 1. The largest absolute Gasteiger partial charge is 0.355 e. The van der Waals surface area contributed by atoms with E-state index in [1.165, 1.54) is 0 Å². The Morgan fingerprint density at radius 1 is 1.05 bits per heavy atom. The Kier molecular flexibility index (Phi) is 3.68. The first kappa shape index (κ1) is 14.7. The lowest BCUT2D eigenvalue weighted by Gasteiger charge is -2.29. The standard InChI is InChI=1S/C16H21N5O/c1-10-9-11(2)21(19-10)16-17-13(4)12(3)15(18-16)20-7-5-14(22)6-8-20/h9H,5-8H2,1-4H3. The minimum absolute atomic E-state index is 0.332. The van der Waals surface area contributed by atoms with Crippen molar-refractivity contribution >= 4 is 11.6 Å². The summed E-state index contributed by atoms with van der Waals surface area (Å²) in [6, 6.07) is 2.01. The van der Waals surface area contributed by atoms with Gasteiger partial charge in [-0.3, -0.25) is 4.79 Å². The van der Waals surface area contributed by atoms with E-state index in [9.17, 15) is 4.79 Å². The summed E-state index contributed by atoms with van der Waals surface area (Å²) in [7, 11) is 0. The van der Waals surface area contributed by atoms with E-state index < -0.39 is 0 Å². The van der Waals surface area contributed by atoms with Crippen LogP contribution >= 0.6 is 0 Å². The number of hydrogen-bond donors (Lipinski definition) is 0. The van der Waals surface area contributed by atoms with E-state index in [-0.39, 0.29) is 0 Å². The lowest BCUT2D eigenvalue weighted by atomic mass is 10.1. The number of carbonyl (C=O) groups excluding carboxylic acids is 1. The van der Waals surface area contributed by atoms with E-state index >= 15 is 0 Å². The van der Waals surface area contributed by atoms with E-state index in [4.69, 9.17) is 4.98 Å². The first-order valence-corrected chi connectivity index (χ1v) is 7.61. The van der Waals surface area contributed by atoms with E-state index in [2.05, 4.69) is 15.0 Å². The van der Waals surface area contributed by atoms with Crippen molar-refractivity contribution in [2.75, 3.05) is 18.0 Å². The molecule has 0 atom stereocenters. The molecule has 0 spiro atoms. The molecule has 2 aromatic heterocycles. The Bertz CT molecular complexity index is 724. The maximum Gasteiger partial charge on any atom is 0.252 e. The zero-order chi connectivity index (χ0) is 15.9. The Labute approximate surface area is 130 Å². The predicted molar refractivity (Wildman–Crippen MR) is 84.6 cm³/mol. The third kappa shape index (κ3) is 2.61. The van der Waals surface area contributed by atoms with Crippen molar-refractivity contribution in [2.24, 2.45) is 0 Å². The van der Waals surface area contributed by atoms with Crippen molar-refractivity contribution in [3.8, 4) is 5.95 Å². The van der Waals surface area contributed by atoms with Gasteiger partial charge in [0.05, 0.1) is 5.69 Å². The highest BCUT2D eigenvalue weighted by Crippen LogP contribution is 2.24. The number of carbonyl (C=O) groups is 1. The molecule has 3 rings (SSSR count). The van der Waals surface area contributed by atoms with Crippen molar-refractivity contribution in [3.63, 3.8) is 0 Å². The summed E-state index contributed by atoms with van der Waals surface area (Å²) in [6.45, 7) is 9.44. The highest BCUT2D eigenvalue weighted by molar-refractivity contribution is 5.81. The summed E-state index contributed by atoms with van der Waals surface area (Å²) in [5, 5.41) is 4.47. The lowest BCUT2D eigenvalue weighted by molar-refractivity contribution is -0.119. The first-order chi connectivity index (χ1) is 10.5. The minimum atomic E-state index is 0.332. The molecule has 0 aliphatic carbocycles. The van der Waals surface area contributed by atoms with E-state index in [1.807, 2.05) is 33.8 Å². The lowest BCUT2D eigenvalue weighted by Crippen LogP contribution is -2.35. The third-order valence-corrected chi connectivity index (χ3v) is 4.17. The summed E-state index contributed by atoms with van der Waals surface area (Å²) in [6.07, 6.45) is 1.19. The number of aryl methyl sites for hydroxylation is 3. The van der Waals surface area contributed by atoms with E-state index in [0.717, 1.165) is 41.6 Å². The van der Waals surface area contributed by atoms with Crippen molar-refractivity contribution in [3.05, 3.63) is 28.7 Å². The molecule has 0 bridgehead atoms. The molecule has 116 valence electrons. The molecule has 1 saturated heterocycles. The van der Waals surface area contributed by atoms with Crippen LogP contribution in [0.15, 0.2) is 6.07 Å². The topological polar surface area (TPSA) is 63.9 Å². The summed E-state index contributed by atoms with van der Waals surface area (Å²) in [5.74, 6) is 1.85. The number of piperidine rings is 1. The minimum Gasteiger partial charge on any atom is -0.355 e. The molecule has 1 fully saturated rings. The highest BCUT2D eigenvalue weighted by Gasteiger charge is 2.21. The van der Waals surface area contributed by atoms with Gasteiger partial charge in [0.1, 0.15) is 11.6 Å². The van der Waals surface area contributed by atoms with Crippen molar-refractivity contribution in [1.82, 2.24) is 19.7 Å². The fourth-order valence-electron chi connectivity index (χ4n) is 2.80. The van der Waals surface area contributed by atoms with Gasteiger partial charge in [0.2, 0.25) is 0 Å². The zero-order valence-electron chi connectivity index (χ0n) is 13.6. The molecule has 0 unspecified atom stereocenters. The molecule has 1 aliphatic rings. The normalized spacial score (nSPS) is 15.5. The average molecular weight is 299 g/mol. The third-order valence-electron chi connectivity index (χ3n) is 4.17. The number of rotatable bonds is 2. The zero-order valence-corrected chi connectivity index (χ0v) is 13.6. The molecule has 0 saturated carbocycles. The molecule has 0 amide bonds. The Morgan fingerprint density at radius 3 is 2.32 bits per heavy atom. The van der Waals surface area contributed by atoms with Crippen molar-refractivity contribution in [1.29, 1.82) is 0 Å². The van der Waals surface area contributed by atoms with Crippen LogP contribution in [0.1, 0.15) is 35.5 Å². The van der Waals surface area contributed by atoms with Gasteiger partial charge < -0.3 is 4.90 Å². The van der Waals surface area contributed by atoms with Gasteiger partial charge in [-0.2, -0.15) is 10.1 Å². The molecule has 0 aromatic carbocycles. The van der Waals surface area contributed by atoms with Crippen LogP contribution < -0.4 is 4.90 Å². The van der Waals surface area contributed by atoms with Gasteiger partial charge in [-0.05, 0) is 33.8 Å². The van der Waals surface area contributed by atoms with Crippen LogP contribution in [0.3, 0.4) is 0 Å². The molecular weight excluding hydrogens is 278 g/mol. The second-order valence-corrected chi connectivity index (χ2v) is 5.92. The monoisotopic (exact) mass is 299 g/mol. The highest BCUT2D eigenvalue weighted by atomic mass is 16.1. The van der Waals surface area contributed by atoms with Gasteiger partial charge >= 0.3 is 0 Å². The van der Waals surface area contributed by atoms with Crippen LogP contribution in [0.2, 0.25) is 0 Å². The van der Waals surface area contributed by atoms with Crippen LogP contribution in [0.4, 0.5) is 5.82 Å². The van der Waals surface area contributed by atoms with Gasteiger partial charge in [0.15, 0.2) is 0 Å². The van der Waals surface area contributed by atoms with Crippen LogP contribution in [-0.2, 0) is 4.79 Å². The van der Waals surface area contributed by atoms with Crippen LogP contribution in [-0.4, -0.2) is 38.6 Å². The molecule has 0 radical (unpaired) electrons. The average Bonchev–Trinajstić information content (AvgIpc) is 2.82. The van der Waals surface area contributed by atoms with Crippen LogP contribution in [0, 0.1) is 27.7 Å². The number of Topliss-reactive ketones (excluding diaryl/α,β-unsaturated/α-hetero) is 1. The van der Waals surface area contributed by atoms with E-state index in [1.54, 1.807) is 4.68 Å². The van der Waals surface area contributed by atoms with Crippen molar-refractivity contribution in [2.45, 2.75) is 40.5 Å². The van der Waals surface area contributed by atoms with E-state index in [0.29, 0.717) is 24.6 Å². The number of nitrogens with zero attached hydrogens (tertiary/aromatic N) is 5. The second-order valence-electron chi connectivity index (χ2n) is 5.92. The Morgan fingerprint density at radius 2 is 1.73 bits per heavy atom. The Balaban J connectivity index is 2.03. The predicted octanol–water partition coefficient (Wildman–Crippen LogP) is 2.07. The SMILES string of the molecule is Cc1cc(C)n(-c2nc(C)c(C)c(N3CCC(=O)CC3)n2)n1. The van der Waals surface area contributed by atoms with Gasteiger partial charge in [-0.25, -0.2) is 9.67 Å². The first-order valence-electron chi connectivity index (χ1n) is 7.61. The van der Waals surface area contributed by atoms with Crippen molar-refractivity contribution < 1.29 is 4.79 Å². The molecule has 22 heavy (non-hydrogen) atoms. The Hall–Kier alpha value is -2.24. The quantitative estimate of drug-likeness (QED) is 0.849. The number of hydrogen-bond acceptors (Lipinski definition) is 5.